The Morgan fingerprint density at radius 1 is 1.30 bits per heavy atom. The fourth-order valence-electron chi connectivity index (χ4n) is 3.17. The molecule has 2 nitrogen and oxygen atoms in total. The van der Waals surface area contributed by atoms with Crippen molar-refractivity contribution in [2.45, 2.75) is 30.7 Å². The molecule has 2 heterocycles. The van der Waals surface area contributed by atoms with Crippen molar-refractivity contribution < 1.29 is 9.47 Å². The molecule has 1 spiro atoms. The van der Waals surface area contributed by atoms with Crippen LogP contribution < -0.4 is 0 Å². The zero-order valence-electron chi connectivity index (χ0n) is 5.75. The minimum atomic E-state index is 0.350. The van der Waals surface area contributed by atoms with Crippen molar-refractivity contribution in [1.29, 1.82) is 0 Å². The molecule has 4 fully saturated rings. The molecule has 0 aromatic rings. The Morgan fingerprint density at radius 2 is 2.20 bits per heavy atom. The molecule has 4 aliphatic rings. The van der Waals surface area contributed by atoms with Crippen LogP contribution in [0.5, 0.6) is 0 Å². The van der Waals surface area contributed by atoms with Gasteiger partial charge in [0.15, 0.2) is 0 Å². The van der Waals surface area contributed by atoms with Gasteiger partial charge in [0.1, 0.15) is 0 Å². The van der Waals surface area contributed by atoms with Crippen LogP contribution in [-0.4, -0.2) is 24.4 Å². The summed E-state index contributed by atoms with van der Waals surface area (Å²) >= 11 is 0. The summed E-state index contributed by atoms with van der Waals surface area (Å²) < 4.78 is 11.0. The van der Waals surface area contributed by atoms with Crippen molar-refractivity contribution in [3.63, 3.8) is 0 Å². The lowest BCUT2D eigenvalue weighted by molar-refractivity contribution is 0.206. The van der Waals surface area contributed by atoms with Crippen molar-refractivity contribution in [2.24, 2.45) is 11.8 Å². The predicted molar refractivity (Wildman–Crippen MR) is 33.6 cm³/mol. The average molecular weight is 138 g/mol. The number of hydrogen-bond acceptors (Lipinski definition) is 2. The molecule has 5 atom stereocenters. The number of ether oxygens (including phenoxy) is 2. The van der Waals surface area contributed by atoms with E-state index in [2.05, 4.69) is 0 Å². The van der Waals surface area contributed by atoms with E-state index >= 15 is 0 Å². The van der Waals surface area contributed by atoms with Crippen LogP contribution in [0.2, 0.25) is 0 Å². The summed E-state index contributed by atoms with van der Waals surface area (Å²) in [6.45, 7) is 1.03. The Labute approximate surface area is 59.5 Å². The van der Waals surface area contributed by atoms with Crippen LogP contribution in [0.3, 0.4) is 0 Å². The molecule has 4 rings (SSSR count). The second-order valence-electron chi connectivity index (χ2n) is 4.23. The van der Waals surface area contributed by atoms with E-state index in [4.69, 9.17) is 9.47 Å². The summed E-state index contributed by atoms with van der Waals surface area (Å²) in [7, 11) is 0. The monoisotopic (exact) mass is 138 g/mol. The van der Waals surface area contributed by atoms with Gasteiger partial charge in [0.05, 0.1) is 24.4 Å². The third kappa shape index (κ3) is 0.330. The molecule has 2 aliphatic heterocycles. The van der Waals surface area contributed by atoms with Gasteiger partial charge in [-0.15, -0.1) is 0 Å². The third-order valence-corrected chi connectivity index (χ3v) is 3.78. The quantitative estimate of drug-likeness (QED) is 0.457. The van der Waals surface area contributed by atoms with Crippen molar-refractivity contribution >= 4 is 0 Å². The molecule has 2 saturated carbocycles. The largest absolute Gasteiger partial charge is 0.369 e. The second-order valence-corrected chi connectivity index (χ2v) is 4.23. The van der Waals surface area contributed by atoms with Gasteiger partial charge in [-0.1, -0.05) is 0 Å². The molecule has 2 saturated heterocycles. The van der Waals surface area contributed by atoms with Gasteiger partial charge in [0.25, 0.3) is 0 Å². The van der Waals surface area contributed by atoms with Crippen LogP contribution in [0.1, 0.15) is 12.8 Å². The summed E-state index contributed by atoms with van der Waals surface area (Å²) in [6, 6.07) is 0. The Bertz CT molecular complexity index is 209. The highest BCUT2D eigenvalue weighted by atomic mass is 16.6. The van der Waals surface area contributed by atoms with Gasteiger partial charge in [-0.2, -0.15) is 0 Å². The standard InChI is InChI=1S/C8H10O2/c1-4-2-8(3-9-8)5(1)7-6(4)10-7/h4-7H,1-3H2/t4-,5+,6-,7-,8+/m1/s1. The van der Waals surface area contributed by atoms with Gasteiger partial charge in [-0.25, -0.2) is 0 Å². The van der Waals surface area contributed by atoms with Crippen LogP contribution in [0.4, 0.5) is 0 Å². The number of fused-ring (bicyclic) bond motifs is 6. The highest BCUT2D eigenvalue weighted by Gasteiger charge is 2.73. The van der Waals surface area contributed by atoms with Crippen LogP contribution in [0.15, 0.2) is 0 Å². The van der Waals surface area contributed by atoms with Gasteiger partial charge >= 0.3 is 0 Å². The van der Waals surface area contributed by atoms with Crippen molar-refractivity contribution in [2.75, 3.05) is 6.61 Å². The van der Waals surface area contributed by atoms with E-state index in [0.717, 1.165) is 18.4 Å². The number of epoxide rings is 2. The number of rotatable bonds is 0. The maximum Gasteiger partial charge on any atom is 0.0973 e. The SMILES string of the molecule is C1[C@@H]2C[C@]3(CO3)[C@@H]1[C@H]1O[C@H]21. The first-order valence-electron chi connectivity index (χ1n) is 4.18. The molecule has 10 heavy (non-hydrogen) atoms. The fraction of sp³-hybridized carbons (Fsp3) is 1.00. The zero-order chi connectivity index (χ0) is 6.34. The van der Waals surface area contributed by atoms with E-state index in [9.17, 15) is 0 Å². The lowest BCUT2D eigenvalue weighted by Crippen LogP contribution is -2.25. The Balaban J connectivity index is 1.84. The fourth-order valence-corrected chi connectivity index (χ4v) is 3.17. The molecule has 2 aliphatic carbocycles. The molecular formula is C8H10O2. The summed E-state index contributed by atoms with van der Waals surface area (Å²) in [4.78, 5) is 0. The van der Waals surface area contributed by atoms with Gasteiger partial charge in [0.2, 0.25) is 0 Å². The van der Waals surface area contributed by atoms with Crippen molar-refractivity contribution in [3.8, 4) is 0 Å². The molecule has 0 aromatic carbocycles. The highest BCUT2D eigenvalue weighted by molar-refractivity contribution is 5.21. The first-order valence-corrected chi connectivity index (χ1v) is 4.18. The lowest BCUT2D eigenvalue weighted by Gasteiger charge is -2.12. The summed E-state index contributed by atoms with van der Waals surface area (Å²) in [5.41, 5.74) is 0.350. The first-order chi connectivity index (χ1) is 4.89. The maximum absolute atomic E-state index is 5.54. The average Bonchev–Trinajstić information content (AvgIpc) is 2.77. The van der Waals surface area contributed by atoms with Gasteiger partial charge in [-0.05, 0) is 18.8 Å². The summed E-state index contributed by atoms with van der Waals surface area (Å²) in [5, 5.41) is 0. The van der Waals surface area contributed by atoms with Crippen molar-refractivity contribution in [3.05, 3.63) is 0 Å². The summed E-state index contributed by atoms with van der Waals surface area (Å²) in [5.74, 6) is 1.67. The molecule has 2 bridgehead atoms. The Morgan fingerprint density at radius 3 is 2.80 bits per heavy atom. The topological polar surface area (TPSA) is 25.1 Å². The Kier molecular flexibility index (Phi) is 0.504. The van der Waals surface area contributed by atoms with Gasteiger partial charge in [-0.3, -0.25) is 0 Å². The molecule has 0 amide bonds. The molecule has 0 unspecified atom stereocenters. The van der Waals surface area contributed by atoms with E-state index in [1.165, 1.54) is 12.8 Å². The smallest absolute Gasteiger partial charge is 0.0973 e. The molecule has 54 valence electrons. The second kappa shape index (κ2) is 1.07. The van der Waals surface area contributed by atoms with Crippen LogP contribution in [0.25, 0.3) is 0 Å². The van der Waals surface area contributed by atoms with Gasteiger partial charge in [0, 0.05) is 5.92 Å². The van der Waals surface area contributed by atoms with Gasteiger partial charge < -0.3 is 9.47 Å². The van der Waals surface area contributed by atoms with Crippen LogP contribution >= 0.6 is 0 Å². The van der Waals surface area contributed by atoms with E-state index in [1.54, 1.807) is 0 Å². The summed E-state index contributed by atoms with van der Waals surface area (Å²) in [6.07, 6.45) is 4.00. The van der Waals surface area contributed by atoms with Crippen LogP contribution in [-0.2, 0) is 9.47 Å². The van der Waals surface area contributed by atoms with Crippen LogP contribution in [0, 0.1) is 11.8 Å². The molecule has 0 aromatic heterocycles. The lowest BCUT2D eigenvalue weighted by atomic mass is 9.89. The molecular weight excluding hydrogens is 128 g/mol. The van der Waals surface area contributed by atoms with E-state index in [1.807, 2.05) is 0 Å². The van der Waals surface area contributed by atoms with E-state index in [0.29, 0.717) is 17.8 Å². The normalized spacial score (nSPS) is 74.4. The van der Waals surface area contributed by atoms with Crippen molar-refractivity contribution in [1.82, 2.24) is 0 Å². The third-order valence-electron chi connectivity index (χ3n) is 3.78. The molecule has 0 radical (unpaired) electrons. The minimum absolute atomic E-state index is 0.350. The minimum Gasteiger partial charge on any atom is -0.369 e. The van der Waals surface area contributed by atoms with E-state index in [-0.39, 0.29) is 0 Å². The first kappa shape index (κ1) is 4.73. The maximum atomic E-state index is 5.54. The molecule has 0 N–H and O–H groups in total. The zero-order valence-corrected chi connectivity index (χ0v) is 5.75. The Hall–Kier alpha value is -0.0800. The molecule has 2 heteroatoms. The predicted octanol–water partition coefficient (Wildman–Crippen LogP) is 0.563. The highest BCUT2D eigenvalue weighted by Crippen LogP contribution is 2.65. The van der Waals surface area contributed by atoms with E-state index < -0.39 is 0 Å². The number of hydrogen-bond donors (Lipinski definition) is 0.